The number of carbonyl (C=O) groups is 1. The van der Waals surface area contributed by atoms with Crippen LogP contribution < -0.4 is 0 Å². The molecule has 1 rings (SSSR count). The SMILES string of the molecule is CC(C)C1CCN(C(=O)CO)C1. The van der Waals surface area contributed by atoms with E-state index in [2.05, 4.69) is 13.8 Å². The predicted molar refractivity (Wildman–Crippen MR) is 46.6 cm³/mol. The summed E-state index contributed by atoms with van der Waals surface area (Å²) in [5.74, 6) is 1.14. The first-order valence-corrected chi connectivity index (χ1v) is 4.53. The molecule has 1 N–H and O–H groups in total. The van der Waals surface area contributed by atoms with Crippen LogP contribution >= 0.6 is 0 Å². The van der Waals surface area contributed by atoms with Crippen molar-refractivity contribution in [1.82, 2.24) is 4.90 Å². The fourth-order valence-electron chi connectivity index (χ4n) is 1.66. The molecule has 1 aliphatic rings. The van der Waals surface area contributed by atoms with Crippen LogP contribution in [-0.4, -0.2) is 35.6 Å². The van der Waals surface area contributed by atoms with Gasteiger partial charge in [0.2, 0.25) is 5.91 Å². The van der Waals surface area contributed by atoms with Crippen molar-refractivity contribution in [2.24, 2.45) is 11.8 Å². The number of amides is 1. The van der Waals surface area contributed by atoms with Crippen molar-refractivity contribution in [3.8, 4) is 0 Å². The summed E-state index contributed by atoms with van der Waals surface area (Å²) in [6.45, 7) is 5.67. The van der Waals surface area contributed by atoms with Crippen LogP contribution in [0.15, 0.2) is 0 Å². The zero-order chi connectivity index (χ0) is 9.14. The van der Waals surface area contributed by atoms with Crippen LogP contribution in [0.4, 0.5) is 0 Å². The van der Waals surface area contributed by atoms with Crippen molar-refractivity contribution in [2.75, 3.05) is 19.7 Å². The minimum absolute atomic E-state index is 0.127. The number of aliphatic hydroxyl groups is 1. The minimum atomic E-state index is -0.342. The van der Waals surface area contributed by atoms with E-state index in [9.17, 15) is 4.79 Å². The lowest BCUT2D eigenvalue weighted by molar-refractivity contribution is -0.133. The molecular formula is C9H17NO2. The van der Waals surface area contributed by atoms with Gasteiger partial charge in [-0.25, -0.2) is 0 Å². The molecule has 1 unspecified atom stereocenters. The molecule has 1 atom stereocenters. The topological polar surface area (TPSA) is 40.5 Å². The molecule has 1 heterocycles. The highest BCUT2D eigenvalue weighted by Gasteiger charge is 2.27. The van der Waals surface area contributed by atoms with Crippen molar-refractivity contribution in [2.45, 2.75) is 20.3 Å². The monoisotopic (exact) mass is 171 g/mol. The van der Waals surface area contributed by atoms with Crippen molar-refractivity contribution in [3.63, 3.8) is 0 Å². The first kappa shape index (κ1) is 9.52. The first-order chi connectivity index (χ1) is 5.65. The molecule has 1 saturated heterocycles. The van der Waals surface area contributed by atoms with E-state index in [1.807, 2.05) is 0 Å². The normalized spacial score (nSPS) is 23.7. The maximum atomic E-state index is 11.1. The highest BCUT2D eigenvalue weighted by molar-refractivity contribution is 5.77. The Morgan fingerprint density at radius 1 is 1.67 bits per heavy atom. The van der Waals surface area contributed by atoms with Crippen LogP contribution in [0, 0.1) is 11.8 Å². The second-order valence-electron chi connectivity index (χ2n) is 3.79. The fraction of sp³-hybridized carbons (Fsp3) is 0.889. The Bertz CT molecular complexity index is 168. The van der Waals surface area contributed by atoms with Crippen molar-refractivity contribution in [1.29, 1.82) is 0 Å². The average molecular weight is 171 g/mol. The molecule has 12 heavy (non-hydrogen) atoms. The lowest BCUT2D eigenvalue weighted by Gasteiger charge is -2.16. The third-order valence-corrected chi connectivity index (χ3v) is 2.66. The molecule has 0 saturated carbocycles. The van der Waals surface area contributed by atoms with Crippen LogP contribution in [0.5, 0.6) is 0 Å². The number of likely N-dealkylation sites (tertiary alicyclic amines) is 1. The third kappa shape index (κ3) is 1.97. The third-order valence-electron chi connectivity index (χ3n) is 2.66. The second-order valence-corrected chi connectivity index (χ2v) is 3.79. The van der Waals surface area contributed by atoms with Gasteiger partial charge < -0.3 is 10.0 Å². The molecule has 0 aromatic heterocycles. The van der Waals surface area contributed by atoms with Crippen LogP contribution in [0.3, 0.4) is 0 Å². The molecule has 0 spiro atoms. The van der Waals surface area contributed by atoms with Crippen LogP contribution in [0.1, 0.15) is 20.3 Å². The maximum Gasteiger partial charge on any atom is 0.248 e. The molecule has 0 aromatic carbocycles. The Morgan fingerprint density at radius 3 is 2.75 bits per heavy atom. The van der Waals surface area contributed by atoms with Crippen molar-refractivity contribution < 1.29 is 9.90 Å². The number of nitrogens with zero attached hydrogens (tertiary/aromatic N) is 1. The van der Waals surface area contributed by atoms with Gasteiger partial charge in [0.25, 0.3) is 0 Å². The maximum absolute atomic E-state index is 11.1. The van der Waals surface area contributed by atoms with E-state index >= 15 is 0 Å². The fourth-order valence-corrected chi connectivity index (χ4v) is 1.66. The molecule has 3 nitrogen and oxygen atoms in total. The number of rotatable bonds is 2. The molecule has 70 valence electrons. The van der Waals surface area contributed by atoms with Gasteiger partial charge in [-0.2, -0.15) is 0 Å². The molecular weight excluding hydrogens is 154 g/mol. The van der Waals surface area contributed by atoms with Gasteiger partial charge in [-0.15, -0.1) is 0 Å². The summed E-state index contributed by atoms with van der Waals surface area (Å²) >= 11 is 0. The molecule has 3 heteroatoms. The van der Waals surface area contributed by atoms with Gasteiger partial charge in [-0.05, 0) is 18.3 Å². The molecule has 1 fully saturated rings. The van der Waals surface area contributed by atoms with E-state index in [4.69, 9.17) is 5.11 Å². The van der Waals surface area contributed by atoms with Crippen LogP contribution in [-0.2, 0) is 4.79 Å². The minimum Gasteiger partial charge on any atom is -0.387 e. The summed E-state index contributed by atoms with van der Waals surface area (Å²) in [6, 6.07) is 0. The van der Waals surface area contributed by atoms with Gasteiger partial charge in [-0.1, -0.05) is 13.8 Å². The van der Waals surface area contributed by atoms with Gasteiger partial charge in [0.05, 0.1) is 0 Å². The Kier molecular flexibility index (Phi) is 3.09. The van der Waals surface area contributed by atoms with Gasteiger partial charge in [0.15, 0.2) is 0 Å². The average Bonchev–Trinajstić information content (AvgIpc) is 2.51. The van der Waals surface area contributed by atoms with Crippen LogP contribution in [0.25, 0.3) is 0 Å². The lowest BCUT2D eigenvalue weighted by atomic mass is 9.95. The summed E-state index contributed by atoms with van der Waals surface area (Å²) in [5.41, 5.74) is 0. The molecule has 1 aliphatic heterocycles. The van der Waals surface area contributed by atoms with Crippen molar-refractivity contribution >= 4 is 5.91 Å². The summed E-state index contributed by atoms with van der Waals surface area (Å²) < 4.78 is 0. The van der Waals surface area contributed by atoms with Gasteiger partial charge >= 0.3 is 0 Å². The Labute approximate surface area is 73.4 Å². The Balaban J connectivity index is 2.40. The van der Waals surface area contributed by atoms with Gasteiger partial charge in [0, 0.05) is 13.1 Å². The molecule has 0 radical (unpaired) electrons. The smallest absolute Gasteiger partial charge is 0.248 e. The Hall–Kier alpha value is -0.570. The quantitative estimate of drug-likeness (QED) is 0.656. The zero-order valence-corrected chi connectivity index (χ0v) is 7.79. The number of hydrogen-bond acceptors (Lipinski definition) is 2. The summed E-state index contributed by atoms with van der Waals surface area (Å²) in [7, 11) is 0. The summed E-state index contributed by atoms with van der Waals surface area (Å²) in [6.07, 6.45) is 1.09. The summed E-state index contributed by atoms with van der Waals surface area (Å²) in [5, 5.41) is 8.63. The predicted octanol–water partition coefficient (Wildman–Crippen LogP) is 0.483. The summed E-state index contributed by atoms with van der Waals surface area (Å²) in [4.78, 5) is 12.8. The number of hydrogen-bond donors (Lipinski definition) is 1. The highest BCUT2D eigenvalue weighted by atomic mass is 16.3. The largest absolute Gasteiger partial charge is 0.387 e. The van der Waals surface area contributed by atoms with E-state index in [0.29, 0.717) is 11.8 Å². The number of aliphatic hydroxyl groups excluding tert-OH is 1. The molecule has 0 bridgehead atoms. The van der Waals surface area contributed by atoms with Gasteiger partial charge in [-0.3, -0.25) is 4.79 Å². The highest BCUT2D eigenvalue weighted by Crippen LogP contribution is 2.23. The zero-order valence-electron chi connectivity index (χ0n) is 7.79. The van der Waals surface area contributed by atoms with Crippen LogP contribution in [0.2, 0.25) is 0 Å². The van der Waals surface area contributed by atoms with E-state index < -0.39 is 0 Å². The standard InChI is InChI=1S/C9H17NO2/c1-7(2)8-3-4-10(5-8)9(12)6-11/h7-8,11H,3-6H2,1-2H3. The molecule has 1 amide bonds. The molecule has 0 aromatic rings. The molecule has 0 aliphatic carbocycles. The van der Waals surface area contributed by atoms with E-state index in [0.717, 1.165) is 19.5 Å². The van der Waals surface area contributed by atoms with Gasteiger partial charge in [0.1, 0.15) is 6.61 Å². The first-order valence-electron chi connectivity index (χ1n) is 4.53. The van der Waals surface area contributed by atoms with E-state index in [-0.39, 0.29) is 12.5 Å². The van der Waals surface area contributed by atoms with Crippen molar-refractivity contribution in [3.05, 3.63) is 0 Å². The second kappa shape index (κ2) is 3.90. The van der Waals surface area contributed by atoms with E-state index in [1.54, 1.807) is 4.90 Å². The lowest BCUT2D eigenvalue weighted by Crippen LogP contribution is -2.31. The Morgan fingerprint density at radius 2 is 2.33 bits per heavy atom. The number of carbonyl (C=O) groups excluding carboxylic acids is 1. The van der Waals surface area contributed by atoms with E-state index in [1.165, 1.54) is 0 Å².